The standard InChI is InChI=1S/C25H37F6N3S/c1-3-5-9-13-34(14-10-6-4-2)22-12-8-7-11-21(22)33-23(35)32-20-16-18(24(26,27)28)15-19(17-20)25(29,30)31/h15-17,21-22H,3-14H2,1-2H3,(H2,32,33,35)/t21-,22-/m0/s1. The number of benzene rings is 1. The number of halogens is 6. The van der Waals surface area contributed by atoms with Crippen molar-refractivity contribution >= 4 is 23.0 Å². The van der Waals surface area contributed by atoms with Gasteiger partial charge in [0.05, 0.1) is 11.1 Å². The van der Waals surface area contributed by atoms with Crippen LogP contribution >= 0.6 is 12.2 Å². The molecule has 10 heteroatoms. The number of thiocarbonyl (C=S) groups is 1. The summed E-state index contributed by atoms with van der Waals surface area (Å²) in [6, 6.07) is 1.64. The van der Waals surface area contributed by atoms with E-state index in [0.29, 0.717) is 12.1 Å². The monoisotopic (exact) mass is 525 g/mol. The zero-order valence-electron chi connectivity index (χ0n) is 20.5. The number of rotatable bonds is 11. The smallest absolute Gasteiger partial charge is 0.358 e. The molecule has 1 aliphatic rings. The van der Waals surface area contributed by atoms with Crippen molar-refractivity contribution in [1.29, 1.82) is 0 Å². The van der Waals surface area contributed by atoms with E-state index in [-0.39, 0.29) is 28.9 Å². The minimum atomic E-state index is -4.90. The van der Waals surface area contributed by atoms with Crippen molar-refractivity contribution in [3.05, 3.63) is 29.3 Å². The van der Waals surface area contributed by atoms with Crippen LogP contribution in [0.25, 0.3) is 0 Å². The van der Waals surface area contributed by atoms with Gasteiger partial charge in [0.15, 0.2) is 5.11 Å². The number of unbranched alkanes of at least 4 members (excludes halogenated alkanes) is 4. The maximum Gasteiger partial charge on any atom is 0.416 e. The van der Waals surface area contributed by atoms with Gasteiger partial charge in [-0.15, -0.1) is 0 Å². The summed E-state index contributed by atoms with van der Waals surface area (Å²) in [4.78, 5) is 2.50. The van der Waals surface area contributed by atoms with Gasteiger partial charge in [0, 0.05) is 17.8 Å². The predicted octanol–water partition coefficient (Wildman–Crippen LogP) is 8.00. The number of nitrogens with zero attached hydrogens (tertiary/aromatic N) is 1. The highest BCUT2D eigenvalue weighted by atomic mass is 32.1. The first-order valence-corrected chi connectivity index (χ1v) is 13.0. The van der Waals surface area contributed by atoms with E-state index >= 15 is 0 Å². The summed E-state index contributed by atoms with van der Waals surface area (Å²) >= 11 is 5.34. The Morgan fingerprint density at radius 2 is 1.37 bits per heavy atom. The van der Waals surface area contributed by atoms with E-state index in [2.05, 4.69) is 29.4 Å². The van der Waals surface area contributed by atoms with Gasteiger partial charge in [0.2, 0.25) is 0 Å². The second kappa shape index (κ2) is 13.7. The summed E-state index contributed by atoms with van der Waals surface area (Å²) in [5.41, 5.74) is -3.07. The fraction of sp³-hybridized carbons (Fsp3) is 0.720. The second-order valence-electron chi connectivity index (χ2n) is 9.30. The highest BCUT2D eigenvalue weighted by molar-refractivity contribution is 7.80. The maximum atomic E-state index is 13.2. The van der Waals surface area contributed by atoms with Gasteiger partial charge in [-0.25, -0.2) is 0 Å². The molecule has 0 bridgehead atoms. The summed E-state index contributed by atoms with van der Waals surface area (Å²) in [6.45, 7) is 6.27. The molecule has 2 N–H and O–H groups in total. The molecule has 0 unspecified atom stereocenters. The fourth-order valence-electron chi connectivity index (χ4n) is 4.65. The first-order chi connectivity index (χ1) is 16.5. The van der Waals surface area contributed by atoms with Crippen LogP contribution in [-0.2, 0) is 12.4 Å². The Balaban J connectivity index is 2.15. The third-order valence-electron chi connectivity index (χ3n) is 6.46. The Hall–Kier alpha value is -1.55. The lowest BCUT2D eigenvalue weighted by molar-refractivity contribution is -0.143. The minimum absolute atomic E-state index is 0.0140. The number of alkyl halides is 6. The lowest BCUT2D eigenvalue weighted by Crippen LogP contribution is -2.54. The van der Waals surface area contributed by atoms with E-state index in [4.69, 9.17) is 12.2 Å². The van der Waals surface area contributed by atoms with Crippen LogP contribution in [0.15, 0.2) is 18.2 Å². The van der Waals surface area contributed by atoms with Gasteiger partial charge < -0.3 is 10.6 Å². The van der Waals surface area contributed by atoms with Crippen molar-refractivity contribution in [2.75, 3.05) is 18.4 Å². The molecule has 3 nitrogen and oxygen atoms in total. The molecule has 0 radical (unpaired) electrons. The molecule has 0 heterocycles. The van der Waals surface area contributed by atoms with E-state index in [1.165, 1.54) is 0 Å². The number of hydrogen-bond donors (Lipinski definition) is 2. The van der Waals surface area contributed by atoms with Gasteiger partial charge in [-0.05, 0) is 69.2 Å². The Morgan fingerprint density at radius 1 is 0.857 bits per heavy atom. The fourth-order valence-corrected chi connectivity index (χ4v) is 4.92. The van der Waals surface area contributed by atoms with Crippen LogP contribution in [0.1, 0.15) is 89.2 Å². The highest BCUT2D eigenvalue weighted by Gasteiger charge is 2.37. The van der Waals surface area contributed by atoms with Gasteiger partial charge in [-0.2, -0.15) is 26.3 Å². The topological polar surface area (TPSA) is 27.3 Å². The zero-order chi connectivity index (χ0) is 26.1. The van der Waals surface area contributed by atoms with Crippen molar-refractivity contribution in [1.82, 2.24) is 10.2 Å². The quantitative estimate of drug-likeness (QED) is 0.174. The lowest BCUT2D eigenvalue weighted by atomic mass is 9.88. The number of hydrogen-bond acceptors (Lipinski definition) is 2. The summed E-state index contributed by atoms with van der Waals surface area (Å²) in [6.07, 6.45) is 0.842. The van der Waals surface area contributed by atoms with Crippen LogP contribution in [0.5, 0.6) is 0 Å². The summed E-state index contributed by atoms with van der Waals surface area (Å²) in [5, 5.41) is 5.83. The van der Waals surface area contributed by atoms with Gasteiger partial charge in [0.25, 0.3) is 0 Å². The third kappa shape index (κ3) is 9.79. The summed E-state index contributed by atoms with van der Waals surface area (Å²) < 4.78 is 79.2. The third-order valence-corrected chi connectivity index (χ3v) is 6.68. The SMILES string of the molecule is CCCCCN(CCCCC)[C@H]1CCCC[C@@H]1NC(=S)Nc1cc(C(F)(F)F)cc(C(F)(F)F)c1. The molecule has 2 rings (SSSR count). The molecule has 0 aromatic heterocycles. The first-order valence-electron chi connectivity index (χ1n) is 12.6. The molecule has 1 aliphatic carbocycles. The molecule has 200 valence electrons. The van der Waals surface area contributed by atoms with E-state index in [1.807, 2.05) is 0 Å². The van der Waals surface area contributed by atoms with E-state index in [0.717, 1.165) is 77.3 Å². The lowest BCUT2D eigenvalue weighted by Gasteiger charge is -2.41. The van der Waals surface area contributed by atoms with Crippen molar-refractivity contribution < 1.29 is 26.3 Å². The van der Waals surface area contributed by atoms with Gasteiger partial charge in [-0.3, -0.25) is 4.90 Å². The Morgan fingerprint density at radius 3 is 1.86 bits per heavy atom. The van der Waals surface area contributed by atoms with E-state index < -0.39 is 23.5 Å². The molecular weight excluding hydrogens is 488 g/mol. The largest absolute Gasteiger partial charge is 0.416 e. The molecule has 0 amide bonds. The molecule has 2 atom stereocenters. The van der Waals surface area contributed by atoms with Crippen molar-refractivity contribution in [3.63, 3.8) is 0 Å². The Labute approximate surface area is 210 Å². The van der Waals surface area contributed by atoms with Gasteiger partial charge >= 0.3 is 12.4 Å². The zero-order valence-corrected chi connectivity index (χ0v) is 21.3. The van der Waals surface area contributed by atoms with Crippen LogP contribution in [0.4, 0.5) is 32.0 Å². The van der Waals surface area contributed by atoms with Gasteiger partial charge in [-0.1, -0.05) is 52.4 Å². The van der Waals surface area contributed by atoms with Crippen LogP contribution < -0.4 is 10.6 Å². The average molecular weight is 526 g/mol. The average Bonchev–Trinajstić information content (AvgIpc) is 2.77. The van der Waals surface area contributed by atoms with Crippen LogP contribution in [0.3, 0.4) is 0 Å². The van der Waals surface area contributed by atoms with Crippen LogP contribution in [-0.4, -0.2) is 35.2 Å². The van der Waals surface area contributed by atoms with Crippen LogP contribution in [0.2, 0.25) is 0 Å². The molecule has 35 heavy (non-hydrogen) atoms. The first kappa shape index (κ1) is 29.7. The van der Waals surface area contributed by atoms with Crippen LogP contribution in [0, 0.1) is 0 Å². The Kier molecular flexibility index (Phi) is 11.6. The van der Waals surface area contributed by atoms with Crippen molar-refractivity contribution in [2.45, 2.75) is 102 Å². The summed E-state index contributed by atoms with van der Waals surface area (Å²) in [5.74, 6) is 0. The molecule has 0 spiro atoms. The maximum absolute atomic E-state index is 13.2. The Bertz CT molecular complexity index is 754. The van der Waals surface area contributed by atoms with Crippen molar-refractivity contribution in [3.8, 4) is 0 Å². The molecule has 1 aromatic rings. The second-order valence-corrected chi connectivity index (χ2v) is 9.71. The summed E-state index contributed by atoms with van der Waals surface area (Å²) in [7, 11) is 0. The highest BCUT2D eigenvalue weighted by Crippen LogP contribution is 2.37. The predicted molar refractivity (Wildman–Crippen MR) is 132 cm³/mol. The van der Waals surface area contributed by atoms with E-state index in [9.17, 15) is 26.3 Å². The molecule has 1 aromatic carbocycles. The number of anilines is 1. The molecular formula is C25H37F6N3S. The van der Waals surface area contributed by atoms with Crippen molar-refractivity contribution in [2.24, 2.45) is 0 Å². The van der Waals surface area contributed by atoms with E-state index in [1.54, 1.807) is 0 Å². The molecule has 0 aliphatic heterocycles. The van der Waals surface area contributed by atoms with Gasteiger partial charge in [0.1, 0.15) is 0 Å². The molecule has 1 saturated carbocycles. The molecule has 0 saturated heterocycles. The number of nitrogens with one attached hydrogen (secondary N) is 2. The minimum Gasteiger partial charge on any atom is -0.358 e. The normalized spacial score (nSPS) is 19.1. The molecule has 1 fully saturated rings.